The van der Waals surface area contributed by atoms with Crippen molar-refractivity contribution in [1.29, 1.82) is 0 Å². The highest BCUT2D eigenvalue weighted by atomic mass is 79.9. The zero-order chi connectivity index (χ0) is 27.4. The molecule has 3 aromatic carbocycles. The number of carbonyl (C=O) groups is 3. The average molecular weight is 596 g/mol. The summed E-state index contributed by atoms with van der Waals surface area (Å²) in [5.41, 5.74) is 1.13. The molecule has 6 rings (SSSR count). The summed E-state index contributed by atoms with van der Waals surface area (Å²) in [6, 6.07) is 17.2. The Morgan fingerprint density at radius 3 is 2.33 bits per heavy atom. The quantitative estimate of drug-likeness (QED) is 0.241. The zero-order valence-corrected chi connectivity index (χ0v) is 22.4. The van der Waals surface area contributed by atoms with E-state index in [-0.39, 0.29) is 28.7 Å². The molecule has 1 heterocycles. The smallest absolute Gasteiger partial charge is 0.410 e. The minimum absolute atomic E-state index is 0.0253. The zero-order valence-electron chi connectivity index (χ0n) is 20.8. The van der Waals surface area contributed by atoms with Crippen LogP contribution in [0.15, 0.2) is 71.2 Å². The Hall–Kier alpha value is -3.59. The first-order chi connectivity index (χ1) is 18.7. The van der Waals surface area contributed by atoms with Gasteiger partial charge in [-0.05, 0) is 59.6 Å². The van der Waals surface area contributed by atoms with Gasteiger partial charge in [0.2, 0.25) is 0 Å². The Labute approximate surface area is 232 Å². The maximum atomic E-state index is 15.2. The van der Waals surface area contributed by atoms with Crippen LogP contribution < -0.4 is 0 Å². The number of ketones is 1. The van der Waals surface area contributed by atoms with E-state index in [9.17, 15) is 14.4 Å². The van der Waals surface area contributed by atoms with Gasteiger partial charge in [-0.15, -0.1) is 0 Å². The van der Waals surface area contributed by atoms with Gasteiger partial charge in [-0.3, -0.25) is 9.69 Å². The Bertz CT molecular complexity index is 1490. The SMILES string of the molecule is O=C(COC(=O)[C@@H]1CC2(CC2)CN1C(=O)OCc1ccccc1)c1ccc2c(c1)C(F)(F)c1cc(Br)ccc1-2. The molecule has 6 nitrogen and oxygen atoms in total. The van der Waals surface area contributed by atoms with Gasteiger partial charge in [0.25, 0.3) is 5.92 Å². The molecule has 0 unspecified atom stereocenters. The number of alkyl halides is 2. The second kappa shape index (κ2) is 9.55. The van der Waals surface area contributed by atoms with E-state index in [1.165, 1.54) is 29.2 Å². The van der Waals surface area contributed by atoms with Gasteiger partial charge >= 0.3 is 12.1 Å². The van der Waals surface area contributed by atoms with Gasteiger partial charge in [0.1, 0.15) is 12.6 Å². The molecule has 9 heteroatoms. The summed E-state index contributed by atoms with van der Waals surface area (Å²) < 4.78 is 41.7. The molecule has 200 valence electrons. The number of ether oxygens (including phenoxy) is 2. The van der Waals surface area contributed by atoms with E-state index in [1.807, 2.05) is 30.3 Å². The number of hydrogen-bond acceptors (Lipinski definition) is 5. The lowest BCUT2D eigenvalue weighted by molar-refractivity contribution is -0.147. The van der Waals surface area contributed by atoms with E-state index < -0.39 is 36.4 Å². The Morgan fingerprint density at radius 1 is 0.923 bits per heavy atom. The molecule has 2 fully saturated rings. The van der Waals surface area contributed by atoms with Crippen LogP contribution in [0.3, 0.4) is 0 Å². The average Bonchev–Trinajstić information content (AvgIpc) is 3.53. The van der Waals surface area contributed by atoms with Crippen LogP contribution >= 0.6 is 15.9 Å². The molecule has 0 N–H and O–H groups in total. The second-order valence-electron chi connectivity index (χ2n) is 10.4. The van der Waals surface area contributed by atoms with Crippen LogP contribution in [-0.4, -0.2) is 41.9 Å². The number of rotatable bonds is 6. The minimum atomic E-state index is -3.26. The fourth-order valence-electron chi connectivity index (χ4n) is 5.48. The standard InChI is InChI=1S/C30H24BrF2NO5/c31-20-7-9-22-21-8-6-19(12-23(21)30(32,33)24(22)13-20)26(35)16-38-27(36)25-14-29(10-11-29)17-34(25)28(37)39-15-18-4-2-1-3-5-18/h1-9,12-13,25H,10-11,14-17H2/t25-/m0/s1. The number of nitrogens with zero attached hydrogens (tertiary/aromatic N) is 1. The predicted octanol–water partition coefficient (Wildman–Crippen LogP) is 6.49. The monoisotopic (exact) mass is 595 g/mol. The minimum Gasteiger partial charge on any atom is -0.456 e. The van der Waals surface area contributed by atoms with Gasteiger partial charge in [-0.25, -0.2) is 9.59 Å². The second-order valence-corrected chi connectivity index (χ2v) is 11.4. The number of likely N-dealkylation sites (tertiary alicyclic amines) is 1. The number of hydrogen-bond donors (Lipinski definition) is 0. The third kappa shape index (κ3) is 4.73. The highest BCUT2D eigenvalue weighted by molar-refractivity contribution is 9.10. The Morgan fingerprint density at radius 2 is 1.62 bits per heavy atom. The molecule has 1 saturated heterocycles. The summed E-state index contributed by atoms with van der Waals surface area (Å²) in [6.45, 7) is -0.143. The first-order valence-electron chi connectivity index (χ1n) is 12.7. The van der Waals surface area contributed by atoms with E-state index in [0.29, 0.717) is 28.6 Å². The molecule has 0 aromatic heterocycles. The van der Waals surface area contributed by atoms with Crippen molar-refractivity contribution < 1.29 is 32.6 Å². The molecule has 0 bridgehead atoms. The van der Waals surface area contributed by atoms with Crippen molar-refractivity contribution >= 4 is 33.8 Å². The molecular formula is C30H24BrF2NO5. The maximum Gasteiger partial charge on any atom is 0.410 e. The molecule has 1 aliphatic heterocycles. The van der Waals surface area contributed by atoms with Crippen molar-refractivity contribution in [2.24, 2.45) is 5.41 Å². The van der Waals surface area contributed by atoms with Gasteiger partial charge in [0, 0.05) is 27.7 Å². The number of Topliss-reactive ketones (excluding diaryl/α,β-unsaturated/α-hetero) is 1. The molecule has 2 aliphatic carbocycles. The predicted molar refractivity (Wildman–Crippen MR) is 141 cm³/mol. The lowest BCUT2D eigenvalue weighted by Gasteiger charge is -2.22. The number of esters is 1. The summed E-state index contributed by atoms with van der Waals surface area (Å²) in [6.07, 6.45) is 1.64. The van der Waals surface area contributed by atoms with Crippen LogP contribution in [0.5, 0.6) is 0 Å². The van der Waals surface area contributed by atoms with Crippen LogP contribution in [0.25, 0.3) is 11.1 Å². The van der Waals surface area contributed by atoms with Gasteiger partial charge in [0.15, 0.2) is 12.4 Å². The lowest BCUT2D eigenvalue weighted by atomic mass is 10.0. The van der Waals surface area contributed by atoms with Crippen LogP contribution in [0.1, 0.15) is 46.3 Å². The van der Waals surface area contributed by atoms with E-state index in [2.05, 4.69) is 15.9 Å². The first-order valence-corrected chi connectivity index (χ1v) is 13.5. The normalized spacial score (nSPS) is 19.4. The molecule has 1 atom stereocenters. The molecular weight excluding hydrogens is 572 g/mol. The Kier molecular flexibility index (Phi) is 6.29. The molecule has 1 saturated carbocycles. The van der Waals surface area contributed by atoms with Crippen LogP contribution in [-0.2, 0) is 26.8 Å². The van der Waals surface area contributed by atoms with Crippen molar-refractivity contribution in [2.45, 2.75) is 37.8 Å². The topological polar surface area (TPSA) is 72.9 Å². The third-order valence-electron chi connectivity index (χ3n) is 7.81. The Balaban J connectivity index is 1.12. The highest BCUT2D eigenvalue weighted by Crippen LogP contribution is 2.55. The maximum absolute atomic E-state index is 15.2. The van der Waals surface area contributed by atoms with Gasteiger partial charge in [-0.2, -0.15) is 8.78 Å². The lowest BCUT2D eigenvalue weighted by Crippen LogP contribution is -2.42. The first kappa shape index (κ1) is 25.7. The van der Waals surface area contributed by atoms with Gasteiger partial charge in [-0.1, -0.05) is 64.5 Å². The van der Waals surface area contributed by atoms with Crippen molar-refractivity contribution in [3.8, 4) is 11.1 Å². The molecule has 1 amide bonds. The number of carbonyl (C=O) groups excluding carboxylic acids is 3. The summed E-state index contributed by atoms with van der Waals surface area (Å²) in [7, 11) is 0. The van der Waals surface area contributed by atoms with E-state index in [4.69, 9.17) is 9.47 Å². The summed E-state index contributed by atoms with van der Waals surface area (Å²) in [5.74, 6) is -4.56. The highest BCUT2D eigenvalue weighted by Gasteiger charge is 2.56. The molecule has 3 aliphatic rings. The summed E-state index contributed by atoms with van der Waals surface area (Å²) in [5, 5.41) is 0. The van der Waals surface area contributed by atoms with Crippen molar-refractivity contribution in [3.63, 3.8) is 0 Å². The largest absolute Gasteiger partial charge is 0.456 e. The van der Waals surface area contributed by atoms with Crippen molar-refractivity contribution in [2.75, 3.05) is 13.2 Å². The third-order valence-corrected chi connectivity index (χ3v) is 8.31. The van der Waals surface area contributed by atoms with Crippen LogP contribution in [0.2, 0.25) is 0 Å². The molecule has 0 radical (unpaired) electrons. The fourth-order valence-corrected chi connectivity index (χ4v) is 5.85. The number of halogens is 3. The fraction of sp³-hybridized carbons (Fsp3) is 0.300. The van der Waals surface area contributed by atoms with Crippen LogP contribution in [0, 0.1) is 5.41 Å². The van der Waals surface area contributed by atoms with Gasteiger partial charge in [0.05, 0.1) is 0 Å². The van der Waals surface area contributed by atoms with E-state index >= 15 is 8.78 Å². The van der Waals surface area contributed by atoms with E-state index in [0.717, 1.165) is 18.4 Å². The van der Waals surface area contributed by atoms with Crippen LogP contribution in [0.4, 0.5) is 13.6 Å². The number of benzene rings is 3. The molecule has 3 aromatic rings. The van der Waals surface area contributed by atoms with Crippen molar-refractivity contribution in [1.82, 2.24) is 4.90 Å². The van der Waals surface area contributed by atoms with Crippen molar-refractivity contribution in [3.05, 3.63) is 93.5 Å². The number of amides is 1. The van der Waals surface area contributed by atoms with E-state index in [1.54, 1.807) is 12.1 Å². The van der Waals surface area contributed by atoms with Gasteiger partial charge < -0.3 is 9.47 Å². The summed E-state index contributed by atoms with van der Waals surface area (Å²) >= 11 is 3.24. The molecule has 1 spiro atoms. The number of fused-ring (bicyclic) bond motifs is 3. The molecule has 39 heavy (non-hydrogen) atoms. The summed E-state index contributed by atoms with van der Waals surface area (Å²) in [4.78, 5) is 40.1.